The molecule has 2 N–H and O–H groups in total. The van der Waals surface area contributed by atoms with E-state index in [9.17, 15) is 4.79 Å². The van der Waals surface area contributed by atoms with Crippen LogP contribution in [0.4, 0.5) is 5.13 Å². The van der Waals surface area contributed by atoms with E-state index in [-0.39, 0.29) is 12.5 Å². The molecule has 0 aliphatic rings. The van der Waals surface area contributed by atoms with Crippen LogP contribution in [0.2, 0.25) is 0 Å². The maximum atomic E-state index is 10.5. The first-order valence-electron chi connectivity index (χ1n) is 6.33. The molecule has 0 aliphatic carbocycles. The summed E-state index contributed by atoms with van der Waals surface area (Å²) in [5, 5.41) is 18.5. The number of anilines is 1. The van der Waals surface area contributed by atoms with Gasteiger partial charge in [-0.05, 0) is 20.8 Å². The number of carbonyl (C=O) groups is 1. The Bertz CT molecular complexity index is 586. The number of nitrogens with zero attached hydrogens (tertiary/aromatic N) is 2. The molecule has 20 heavy (non-hydrogen) atoms. The van der Waals surface area contributed by atoms with Crippen molar-refractivity contribution in [3.8, 4) is 0 Å². The molecule has 6 nitrogen and oxygen atoms in total. The van der Waals surface area contributed by atoms with Crippen LogP contribution in [0.5, 0.6) is 0 Å². The topological polar surface area (TPSA) is 88.3 Å². The van der Waals surface area contributed by atoms with Gasteiger partial charge < -0.3 is 14.9 Å². The van der Waals surface area contributed by atoms with Crippen LogP contribution in [0, 0.1) is 13.8 Å². The lowest BCUT2D eigenvalue weighted by Crippen LogP contribution is -2.08. The maximum absolute atomic E-state index is 10.5. The molecule has 0 aromatic carbocycles. The first-order chi connectivity index (χ1) is 9.47. The van der Waals surface area contributed by atoms with Crippen LogP contribution >= 0.6 is 11.3 Å². The third-order valence-electron chi connectivity index (χ3n) is 3.01. The molecule has 1 unspecified atom stereocenters. The van der Waals surface area contributed by atoms with Gasteiger partial charge in [0.1, 0.15) is 5.76 Å². The van der Waals surface area contributed by atoms with E-state index in [1.807, 2.05) is 26.2 Å². The average molecular weight is 295 g/mol. The number of thiazole rings is 1. The molecular weight excluding hydrogens is 278 g/mol. The molecule has 108 valence electrons. The van der Waals surface area contributed by atoms with Crippen LogP contribution in [-0.2, 0) is 11.2 Å². The lowest BCUT2D eigenvalue weighted by atomic mass is 10.1. The summed E-state index contributed by atoms with van der Waals surface area (Å²) in [7, 11) is 0. The van der Waals surface area contributed by atoms with Gasteiger partial charge in [0.2, 0.25) is 0 Å². The monoisotopic (exact) mass is 295 g/mol. The second-order valence-electron chi connectivity index (χ2n) is 4.64. The van der Waals surface area contributed by atoms with E-state index in [1.54, 1.807) is 0 Å². The standard InChI is InChI=1S/C13H17N3O3S/c1-7(12-8(2)16-19-9(12)3)14-13-15-10(6-20-13)4-5-11(17)18/h6-7H,4-5H2,1-3H3,(H,14,15)(H,17,18). The maximum Gasteiger partial charge on any atom is 0.303 e. The zero-order valence-electron chi connectivity index (χ0n) is 11.6. The van der Waals surface area contributed by atoms with Gasteiger partial charge in [0.25, 0.3) is 0 Å². The van der Waals surface area contributed by atoms with Gasteiger partial charge in [-0.15, -0.1) is 11.3 Å². The van der Waals surface area contributed by atoms with Gasteiger partial charge in [-0.25, -0.2) is 4.98 Å². The molecule has 0 amide bonds. The van der Waals surface area contributed by atoms with Gasteiger partial charge in [0.05, 0.1) is 23.9 Å². The third-order valence-corrected chi connectivity index (χ3v) is 3.83. The Morgan fingerprint density at radius 1 is 1.55 bits per heavy atom. The normalized spacial score (nSPS) is 12.3. The van der Waals surface area contributed by atoms with Gasteiger partial charge in [0, 0.05) is 17.4 Å². The molecule has 0 fully saturated rings. The van der Waals surface area contributed by atoms with E-state index < -0.39 is 5.97 Å². The molecule has 0 saturated heterocycles. The van der Waals surface area contributed by atoms with Gasteiger partial charge in [-0.3, -0.25) is 4.79 Å². The molecule has 2 aromatic heterocycles. The summed E-state index contributed by atoms with van der Waals surface area (Å²) >= 11 is 1.47. The molecule has 2 rings (SSSR count). The predicted octanol–water partition coefficient (Wildman–Crippen LogP) is 2.94. The second-order valence-corrected chi connectivity index (χ2v) is 5.50. The van der Waals surface area contributed by atoms with Crippen molar-refractivity contribution in [1.82, 2.24) is 10.1 Å². The number of carboxylic acid groups (broad SMARTS) is 1. The third kappa shape index (κ3) is 3.36. The van der Waals surface area contributed by atoms with Crippen LogP contribution in [0.1, 0.15) is 42.1 Å². The van der Waals surface area contributed by atoms with Crippen molar-refractivity contribution in [2.45, 2.75) is 39.7 Å². The molecule has 0 radical (unpaired) electrons. The molecule has 1 atom stereocenters. The second kappa shape index (κ2) is 6.04. The van der Waals surface area contributed by atoms with E-state index in [0.29, 0.717) is 6.42 Å². The van der Waals surface area contributed by atoms with Crippen molar-refractivity contribution in [3.63, 3.8) is 0 Å². The summed E-state index contributed by atoms with van der Waals surface area (Å²) in [4.78, 5) is 14.9. The van der Waals surface area contributed by atoms with Gasteiger partial charge in [0.15, 0.2) is 5.13 Å². The fourth-order valence-corrected chi connectivity index (χ4v) is 2.92. The number of nitrogens with one attached hydrogen (secondary N) is 1. The van der Waals surface area contributed by atoms with Crippen molar-refractivity contribution in [1.29, 1.82) is 0 Å². The van der Waals surface area contributed by atoms with Crippen LogP contribution in [0.3, 0.4) is 0 Å². The van der Waals surface area contributed by atoms with Gasteiger partial charge in [-0.1, -0.05) is 5.16 Å². The summed E-state index contributed by atoms with van der Waals surface area (Å²) in [5.41, 5.74) is 2.70. The smallest absolute Gasteiger partial charge is 0.303 e. The Balaban J connectivity index is 2.01. The minimum Gasteiger partial charge on any atom is -0.481 e. The number of hydrogen-bond donors (Lipinski definition) is 2. The SMILES string of the molecule is Cc1noc(C)c1C(C)Nc1nc(CCC(=O)O)cs1. The van der Waals surface area contributed by atoms with Gasteiger partial charge >= 0.3 is 5.97 Å². The highest BCUT2D eigenvalue weighted by Gasteiger charge is 2.17. The molecule has 2 heterocycles. The fraction of sp³-hybridized carbons (Fsp3) is 0.462. The summed E-state index contributed by atoms with van der Waals surface area (Å²) in [6.07, 6.45) is 0.551. The van der Waals surface area contributed by atoms with E-state index in [0.717, 1.165) is 27.8 Å². The van der Waals surface area contributed by atoms with Crippen molar-refractivity contribution in [2.75, 3.05) is 5.32 Å². The average Bonchev–Trinajstić information content (AvgIpc) is 2.94. The van der Waals surface area contributed by atoms with Crippen LogP contribution in [0.15, 0.2) is 9.90 Å². The van der Waals surface area contributed by atoms with Crippen LogP contribution in [0.25, 0.3) is 0 Å². The van der Waals surface area contributed by atoms with Crippen molar-refractivity contribution in [3.05, 3.63) is 28.1 Å². The lowest BCUT2D eigenvalue weighted by molar-refractivity contribution is -0.136. The zero-order chi connectivity index (χ0) is 14.7. The summed E-state index contributed by atoms with van der Waals surface area (Å²) in [6, 6.07) is 0.0414. The Morgan fingerprint density at radius 3 is 2.90 bits per heavy atom. The van der Waals surface area contributed by atoms with E-state index >= 15 is 0 Å². The highest BCUT2D eigenvalue weighted by atomic mass is 32.1. The van der Waals surface area contributed by atoms with Crippen molar-refractivity contribution >= 4 is 22.4 Å². The quantitative estimate of drug-likeness (QED) is 0.851. The highest BCUT2D eigenvalue weighted by Crippen LogP contribution is 2.26. The Kier molecular flexibility index (Phi) is 4.39. The van der Waals surface area contributed by atoms with Crippen LogP contribution in [-0.4, -0.2) is 21.2 Å². The minimum absolute atomic E-state index is 0.0414. The fourth-order valence-electron chi connectivity index (χ4n) is 2.09. The number of carboxylic acids is 1. The summed E-state index contributed by atoms with van der Waals surface area (Å²) in [5.74, 6) is -0.0123. The Labute approximate surface area is 120 Å². The number of rotatable bonds is 6. The minimum atomic E-state index is -0.809. The van der Waals surface area contributed by atoms with Crippen molar-refractivity contribution < 1.29 is 14.4 Å². The Morgan fingerprint density at radius 2 is 2.30 bits per heavy atom. The number of aryl methyl sites for hydroxylation is 3. The number of aromatic nitrogens is 2. The largest absolute Gasteiger partial charge is 0.481 e. The highest BCUT2D eigenvalue weighted by molar-refractivity contribution is 7.13. The molecule has 7 heteroatoms. The number of hydrogen-bond acceptors (Lipinski definition) is 6. The van der Waals surface area contributed by atoms with E-state index in [1.165, 1.54) is 11.3 Å². The molecular formula is C13H17N3O3S. The van der Waals surface area contributed by atoms with Crippen molar-refractivity contribution in [2.24, 2.45) is 0 Å². The first kappa shape index (κ1) is 14.5. The molecule has 0 aliphatic heterocycles. The summed E-state index contributed by atoms with van der Waals surface area (Å²) < 4.78 is 5.15. The molecule has 0 bridgehead atoms. The molecule has 0 spiro atoms. The first-order valence-corrected chi connectivity index (χ1v) is 7.21. The zero-order valence-corrected chi connectivity index (χ0v) is 12.5. The van der Waals surface area contributed by atoms with E-state index in [4.69, 9.17) is 9.63 Å². The number of aliphatic carboxylic acids is 1. The molecule has 0 saturated carbocycles. The lowest BCUT2D eigenvalue weighted by Gasteiger charge is -2.12. The van der Waals surface area contributed by atoms with Crippen LogP contribution < -0.4 is 5.32 Å². The molecule has 2 aromatic rings. The van der Waals surface area contributed by atoms with E-state index in [2.05, 4.69) is 15.5 Å². The van der Waals surface area contributed by atoms with Gasteiger partial charge in [-0.2, -0.15) is 0 Å². The summed E-state index contributed by atoms with van der Waals surface area (Å²) in [6.45, 7) is 5.81. The predicted molar refractivity (Wildman–Crippen MR) is 76.1 cm³/mol. The Hall–Kier alpha value is -1.89.